The van der Waals surface area contributed by atoms with E-state index in [1.54, 1.807) is 36.3 Å². The molecule has 3 heterocycles. The van der Waals surface area contributed by atoms with Crippen LogP contribution < -0.4 is 15.4 Å². The molecule has 1 spiro atoms. The van der Waals surface area contributed by atoms with E-state index in [9.17, 15) is 14.4 Å². The van der Waals surface area contributed by atoms with E-state index in [1.807, 2.05) is 30.3 Å². The number of nitrogens with one attached hydrogen (secondary N) is 2. The summed E-state index contributed by atoms with van der Waals surface area (Å²) in [4.78, 5) is 43.4. The van der Waals surface area contributed by atoms with Crippen LogP contribution in [0, 0.1) is 11.8 Å². The van der Waals surface area contributed by atoms with Gasteiger partial charge in [0.1, 0.15) is 17.4 Å². The first-order valence-corrected chi connectivity index (χ1v) is 14.4. The molecular weight excluding hydrogens is 553 g/mol. The normalized spacial score (nSPS) is 29.0. The number of nitrogens with zero attached hydrogens (tertiary/aromatic N) is 1. The predicted octanol–water partition coefficient (Wildman–Crippen LogP) is 4.74. The number of carbonyl (C=O) groups is 3. The van der Waals surface area contributed by atoms with Crippen LogP contribution in [0.1, 0.15) is 37.7 Å². The first kappa shape index (κ1) is 27.1. The molecule has 8 nitrogen and oxygen atoms in total. The number of fused-ring (bicyclic) bond motifs is 1. The van der Waals surface area contributed by atoms with Crippen LogP contribution >= 0.6 is 23.2 Å². The quantitative estimate of drug-likeness (QED) is 0.459. The molecule has 2 aromatic rings. The Kier molecular flexibility index (Phi) is 7.27. The van der Waals surface area contributed by atoms with Gasteiger partial charge in [-0.2, -0.15) is 0 Å². The third-order valence-electron chi connectivity index (χ3n) is 8.49. The lowest BCUT2D eigenvalue weighted by Gasteiger charge is -2.34. The second-order valence-corrected chi connectivity index (χ2v) is 11.9. The molecule has 1 saturated carbocycles. The number of carbonyl (C=O) groups excluding carboxylic acids is 3. The minimum absolute atomic E-state index is 0.0553. The molecule has 0 aromatic heterocycles. The first-order valence-electron chi connectivity index (χ1n) is 13.7. The van der Waals surface area contributed by atoms with Crippen molar-refractivity contribution < 1.29 is 23.9 Å². The van der Waals surface area contributed by atoms with Gasteiger partial charge in [-0.15, -0.1) is 0 Å². The van der Waals surface area contributed by atoms with E-state index in [0.717, 1.165) is 37.7 Å². The van der Waals surface area contributed by atoms with Crippen molar-refractivity contribution in [1.29, 1.82) is 0 Å². The zero-order chi connectivity index (χ0) is 28.0. The lowest BCUT2D eigenvalue weighted by Crippen LogP contribution is -2.56. The smallest absolute Gasteiger partial charge is 0.246 e. The summed E-state index contributed by atoms with van der Waals surface area (Å²) in [5, 5.41) is 6.82. The standard InChI is InChI=1S/C30H31Cl2N3O5/c1-39-22-9-5-6-17(12-22)16-35-26(28(37)33-20-7-3-2-4-8-20)30-11-10-23(40-30)24(25(30)29(35)38)27(36)34-21-14-18(31)13-19(32)15-21/h5-6,9-15,20,23-26H,2-4,7-8,16H2,1H3,(H,33,37)(H,34,36)/t23-,24+,25-,26-,30-/m0/s1. The summed E-state index contributed by atoms with van der Waals surface area (Å²) >= 11 is 12.3. The number of amides is 3. The second kappa shape index (κ2) is 10.7. The first-order chi connectivity index (χ1) is 19.3. The zero-order valence-electron chi connectivity index (χ0n) is 22.1. The van der Waals surface area contributed by atoms with Crippen molar-refractivity contribution >= 4 is 46.6 Å². The summed E-state index contributed by atoms with van der Waals surface area (Å²) in [5.74, 6) is -1.95. The molecule has 2 saturated heterocycles. The van der Waals surface area contributed by atoms with E-state index in [-0.39, 0.29) is 30.3 Å². The average Bonchev–Trinajstić information content (AvgIpc) is 3.56. The summed E-state index contributed by atoms with van der Waals surface area (Å²) in [7, 11) is 1.58. The highest BCUT2D eigenvalue weighted by molar-refractivity contribution is 6.35. The van der Waals surface area contributed by atoms with E-state index in [4.69, 9.17) is 32.7 Å². The Morgan fingerprint density at radius 3 is 2.55 bits per heavy atom. The molecule has 2 bridgehead atoms. The summed E-state index contributed by atoms with van der Waals surface area (Å²) in [6.45, 7) is 0.178. The predicted molar refractivity (Wildman–Crippen MR) is 151 cm³/mol. The number of likely N-dealkylation sites (tertiary alicyclic amines) is 1. The highest BCUT2D eigenvalue weighted by Gasteiger charge is 2.72. The van der Waals surface area contributed by atoms with Gasteiger partial charge >= 0.3 is 0 Å². The Morgan fingerprint density at radius 1 is 1.07 bits per heavy atom. The van der Waals surface area contributed by atoms with Crippen molar-refractivity contribution in [3.05, 3.63) is 70.2 Å². The van der Waals surface area contributed by atoms with E-state index >= 15 is 0 Å². The molecule has 3 fully saturated rings. The molecule has 6 rings (SSSR count). The third kappa shape index (κ3) is 4.76. The van der Waals surface area contributed by atoms with Crippen LogP contribution in [0.3, 0.4) is 0 Å². The highest BCUT2D eigenvalue weighted by atomic mass is 35.5. The van der Waals surface area contributed by atoms with Gasteiger partial charge in [0.25, 0.3) is 0 Å². The highest BCUT2D eigenvalue weighted by Crippen LogP contribution is 2.55. The summed E-state index contributed by atoms with van der Waals surface area (Å²) in [6, 6.07) is 11.3. The van der Waals surface area contributed by atoms with Crippen LogP contribution in [0.5, 0.6) is 5.75 Å². The van der Waals surface area contributed by atoms with E-state index in [0.29, 0.717) is 21.5 Å². The summed E-state index contributed by atoms with van der Waals surface area (Å²) < 4.78 is 11.8. The second-order valence-electron chi connectivity index (χ2n) is 11.0. The van der Waals surface area contributed by atoms with Crippen LogP contribution in [0.15, 0.2) is 54.6 Å². The lowest BCUT2D eigenvalue weighted by atomic mass is 9.74. The fraction of sp³-hybridized carbons (Fsp3) is 0.433. The number of halogens is 2. The van der Waals surface area contributed by atoms with Crippen LogP contribution in [0.25, 0.3) is 0 Å². The lowest BCUT2D eigenvalue weighted by molar-refractivity contribution is -0.142. The molecule has 3 aliphatic heterocycles. The van der Waals surface area contributed by atoms with Crippen LogP contribution in [0.2, 0.25) is 10.0 Å². The van der Waals surface area contributed by atoms with E-state index in [2.05, 4.69) is 10.6 Å². The number of methoxy groups -OCH3 is 1. The molecule has 1 aliphatic carbocycles. The molecule has 210 valence electrons. The molecule has 3 amide bonds. The van der Waals surface area contributed by atoms with Crippen LogP contribution in [0.4, 0.5) is 5.69 Å². The number of hydrogen-bond acceptors (Lipinski definition) is 5. The van der Waals surface area contributed by atoms with Gasteiger partial charge in [-0.25, -0.2) is 0 Å². The summed E-state index contributed by atoms with van der Waals surface area (Å²) in [6.07, 6.45) is 8.08. The number of rotatable bonds is 7. The Labute approximate surface area is 243 Å². The fourth-order valence-corrected chi connectivity index (χ4v) is 7.31. The molecule has 2 N–H and O–H groups in total. The van der Waals surface area contributed by atoms with Gasteiger partial charge < -0.3 is 25.0 Å². The molecular formula is C30H31Cl2N3O5. The maximum Gasteiger partial charge on any atom is 0.246 e. The van der Waals surface area contributed by atoms with Crippen molar-refractivity contribution in [2.45, 2.75) is 62.4 Å². The molecule has 4 aliphatic rings. The molecule has 5 atom stereocenters. The molecule has 10 heteroatoms. The van der Waals surface area contributed by atoms with Gasteiger partial charge in [0.05, 0.1) is 25.0 Å². The van der Waals surface area contributed by atoms with E-state index in [1.165, 1.54) is 0 Å². The molecule has 0 radical (unpaired) electrons. The zero-order valence-corrected chi connectivity index (χ0v) is 23.6. The van der Waals surface area contributed by atoms with Gasteiger partial charge in [-0.1, -0.05) is 66.7 Å². The van der Waals surface area contributed by atoms with Crippen molar-refractivity contribution in [2.75, 3.05) is 12.4 Å². The monoisotopic (exact) mass is 583 g/mol. The third-order valence-corrected chi connectivity index (χ3v) is 8.93. The van der Waals surface area contributed by atoms with Crippen molar-refractivity contribution in [3.8, 4) is 5.75 Å². The van der Waals surface area contributed by atoms with Gasteiger partial charge in [-0.3, -0.25) is 14.4 Å². The van der Waals surface area contributed by atoms with Crippen molar-refractivity contribution in [3.63, 3.8) is 0 Å². The number of benzene rings is 2. The summed E-state index contributed by atoms with van der Waals surface area (Å²) in [5.41, 5.74) is -0.00547. The SMILES string of the molecule is COc1cccc(CN2C(=O)[C@@H]3[C@H](C(=O)Nc4cc(Cl)cc(Cl)c4)[C@@H]4C=C[C@@]3(O4)[C@@H]2C(=O)NC2CCCCC2)c1. The minimum atomic E-state index is -1.24. The Hall–Kier alpha value is -3.07. The van der Waals surface area contributed by atoms with Gasteiger partial charge in [-0.05, 0) is 48.7 Å². The van der Waals surface area contributed by atoms with Crippen molar-refractivity contribution in [2.24, 2.45) is 11.8 Å². The van der Waals surface area contributed by atoms with Gasteiger partial charge in [0.15, 0.2) is 0 Å². The van der Waals surface area contributed by atoms with Crippen molar-refractivity contribution in [1.82, 2.24) is 10.2 Å². The fourth-order valence-electron chi connectivity index (χ4n) is 6.78. The Bertz CT molecular complexity index is 1360. The maximum absolute atomic E-state index is 14.2. The largest absolute Gasteiger partial charge is 0.497 e. The molecule has 40 heavy (non-hydrogen) atoms. The number of anilines is 1. The Morgan fingerprint density at radius 2 is 1.82 bits per heavy atom. The van der Waals surface area contributed by atoms with Crippen LogP contribution in [-0.2, 0) is 25.7 Å². The topological polar surface area (TPSA) is 97.0 Å². The molecule has 0 unspecified atom stereocenters. The minimum Gasteiger partial charge on any atom is -0.497 e. The average molecular weight is 584 g/mol. The maximum atomic E-state index is 14.2. The number of hydrogen-bond donors (Lipinski definition) is 2. The van der Waals surface area contributed by atoms with Gasteiger partial charge in [0.2, 0.25) is 17.7 Å². The number of ether oxygens (including phenoxy) is 2. The van der Waals surface area contributed by atoms with Gasteiger partial charge in [0, 0.05) is 28.3 Å². The Balaban J connectivity index is 1.33. The van der Waals surface area contributed by atoms with Crippen LogP contribution in [-0.4, -0.2) is 53.5 Å². The van der Waals surface area contributed by atoms with E-state index < -0.39 is 29.6 Å². The molecule has 2 aromatic carbocycles.